The third-order valence-electron chi connectivity index (χ3n) is 6.01. The van der Waals surface area contributed by atoms with Gasteiger partial charge >= 0.3 is 6.18 Å². The van der Waals surface area contributed by atoms with Crippen LogP contribution in [0.2, 0.25) is 0 Å². The maximum absolute atomic E-state index is 13.8. The zero-order valence-corrected chi connectivity index (χ0v) is 20.0. The van der Waals surface area contributed by atoms with Crippen LogP contribution in [0, 0.1) is 0 Å². The smallest absolute Gasteiger partial charge is 0.381 e. The fourth-order valence-electron chi connectivity index (χ4n) is 4.35. The number of carbonyl (C=O) groups excluding carboxylic acids is 1. The Kier molecular flexibility index (Phi) is 6.23. The van der Waals surface area contributed by atoms with E-state index in [0.29, 0.717) is 16.8 Å². The highest BCUT2D eigenvalue weighted by molar-refractivity contribution is 6.04. The number of pyridine rings is 1. The minimum absolute atomic E-state index is 0.00672. The lowest BCUT2D eigenvalue weighted by Crippen LogP contribution is -2.32. The topological polar surface area (TPSA) is 119 Å². The van der Waals surface area contributed by atoms with E-state index in [4.69, 9.17) is 5.73 Å². The summed E-state index contributed by atoms with van der Waals surface area (Å²) >= 11 is 0. The first-order valence-electron chi connectivity index (χ1n) is 11.6. The van der Waals surface area contributed by atoms with Crippen LogP contribution in [0.4, 0.5) is 24.7 Å². The highest BCUT2D eigenvalue weighted by atomic mass is 19.4. The molecular weight excluding hydrogens is 499 g/mol. The molecule has 0 saturated heterocycles. The molecule has 0 radical (unpaired) electrons. The Bertz CT molecular complexity index is 1710. The maximum atomic E-state index is 13.8. The van der Waals surface area contributed by atoms with Gasteiger partial charge in [-0.1, -0.05) is 30.3 Å². The number of alkyl halides is 3. The highest BCUT2D eigenvalue weighted by Crippen LogP contribution is 2.27. The summed E-state index contributed by atoms with van der Waals surface area (Å²) in [7, 11) is 0. The number of hydrogen-bond donors (Lipinski definition) is 3. The van der Waals surface area contributed by atoms with E-state index in [9.17, 15) is 22.8 Å². The van der Waals surface area contributed by atoms with Crippen LogP contribution in [0.15, 0.2) is 77.9 Å². The van der Waals surface area contributed by atoms with E-state index in [0.717, 1.165) is 0 Å². The summed E-state index contributed by atoms with van der Waals surface area (Å²) in [6.45, 7) is 0.402. The molecular formula is C26H22F3N7O2. The predicted molar refractivity (Wildman–Crippen MR) is 137 cm³/mol. The van der Waals surface area contributed by atoms with Gasteiger partial charge in [0.05, 0.1) is 11.4 Å². The number of nitrogens with one attached hydrogen (secondary N) is 2. The van der Waals surface area contributed by atoms with Gasteiger partial charge in [0.1, 0.15) is 12.1 Å². The average Bonchev–Trinajstić information content (AvgIpc) is 3.23. The number of fused-ring (bicyclic) bond motifs is 2. The summed E-state index contributed by atoms with van der Waals surface area (Å²) in [4.78, 5) is 31.3. The van der Waals surface area contributed by atoms with Crippen LogP contribution in [0.25, 0.3) is 22.1 Å². The standard InChI is InChI=1S/C26H22F3N7O2/c1-15(33-24(37)21-22(30)34-35-12-6-11-31-23(21)35)19-13-16-7-5-10-18(32-14-26(27,28)29)20(16)25(38)36(19)17-8-3-2-4-9-17/h2-13,15,32H,14H2,1H3,(H2,30,34)(H,33,37). The molecule has 0 fully saturated rings. The fourth-order valence-corrected chi connectivity index (χ4v) is 4.35. The Balaban J connectivity index is 1.62. The number of anilines is 2. The number of para-hydroxylation sites is 1. The second-order valence-electron chi connectivity index (χ2n) is 8.63. The number of aromatic nitrogens is 4. The van der Waals surface area contributed by atoms with Gasteiger partial charge in [0.25, 0.3) is 11.5 Å². The zero-order chi connectivity index (χ0) is 27.0. The predicted octanol–water partition coefficient (Wildman–Crippen LogP) is 4.08. The van der Waals surface area contributed by atoms with Crippen LogP contribution in [-0.2, 0) is 0 Å². The van der Waals surface area contributed by atoms with E-state index in [2.05, 4.69) is 20.7 Å². The molecule has 0 bridgehead atoms. The monoisotopic (exact) mass is 521 g/mol. The molecule has 5 rings (SSSR count). The van der Waals surface area contributed by atoms with Crippen LogP contribution in [0.5, 0.6) is 0 Å². The van der Waals surface area contributed by atoms with E-state index in [1.165, 1.54) is 21.3 Å². The summed E-state index contributed by atoms with van der Waals surface area (Å²) in [5.74, 6) is -0.552. The first-order valence-corrected chi connectivity index (χ1v) is 11.6. The van der Waals surface area contributed by atoms with E-state index in [1.807, 2.05) is 0 Å². The van der Waals surface area contributed by atoms with Crippen molar-refractivity contribution >= 4 is 33.8 Å². The summed E-state index contributed by atoms with van der Waals surface area (Å²) in [6, 6.07) is 15.9. The van der Waals surface area contributed by atoms with Crippen LogP contribution in [0.1, 0.15) is 29.0 Å². The summed E-state index contributed by atoms with van der Waals surface area (Å²) in [5, 5.41) is 9.81. The molecule has 194 valence electrons. The van der Waals surface area contributed by atoms with Gasteiger partial charge in [0, 0.05) is 29.5 Å². The number of nitrogens with zero attached hydrogens (tertiary/aromatic N) is 4. The van der Waals surface area contributed by atoms with Gasteiger partial charge in [-0.05, 0) is 42.6 Å². The second-order valence-corrected chi connectivity index (χ2v) is 8.63. The number of benzene rings is 2. The molecule has 12 heteroatoms. The molecule has 5 aromatic rings. The van der Waals surface area contributed by atoms with Crippen LogP contribution in [-0.4, -0.2) is 37.8 Å². The second kappa shape index (κ2) is 9.54. The van der Waals surface area contributed by atoms with Gasteiger partial charge in [-0.2, -0.15) is 13.2 Å². The number of carbonyl (C=O) groups is 1. The number of nitrogen functional groups attached to an aromatic ring is 1. The molecule has 1 atom stereocenters. The fraction of sp³-hybridized carbons (Fsp3) is 0.154. The van der Waals surface area contributed by atoms with Gasteiger partial charge < -0.3 is 16.4 Å². The van der Waals surface area contributed by atoms with Crippen LogP contribution in [0.3, 0.4) is 0 Å². The summed E-state index contributed by atoms with van der Waals surface area (Å²) in [5.41, 5.74) is 6.77. The SMILES string of the molecule is CC(NC(=O)c1c(N)nn2cccnc12)c1cc2cccc(NCC(F)(F)F)c2c(=O)n1-c1ccccc1. The molecule has 1 unspecified atom stereocenters. The lowest BCUT2D eigenvalue weighted by Gasteiger charge is -2.22. The van der Waals surface area contributed by atoms with Gasteiger partial charge in [-0.25, -0.2) is 9.50 Å². The highest BCUT2D eigenvalue weighted by Gasteiger charge is 2.28. The largest absolute Gasteiger partial charge is 0.405 e. The van der Waals surface area contributed by atoms with Crippen molar-refractivity contribution in [3.8, 4) is 5.69 Å². The first-order chi connectivity index (χ1) is 18.1. The summed E-state index contributed by atoms with van der Waals surface area (Å²) < 4.78 is 41.5. The Morgan fingerprint density at radius 3 is 2.61 bits per heavy atom. The molecule has 3 aromatic heterocycles. The molecule has 3 heterocycles. The minimum atomic E-state index is -4.46. The van der Waals surface area contributed by atoms with Crippen molar-refractivity contribution in [2.45, 2.75) is 19.1 Å². The van der Waals surface area contributed by atoms with E-state index in [-0.39, 0.29) is 28.1 Å². The van der Waals surface area contributed by atoms with Crippen molar-refractivity contribution in [2.24, 2.45) is 0 Å². The maximum Gasteiger partial charge on any atom is 0.405 e. The van der Waals surface area contributed by atoms with Gasteiger partial charge in [0.15, 0.2) is 11.5 Å². The zero-order valence-electron chi connectivity index (χ0n) is 20.0. The average molecular weight is 522 g/mol. The third-order valence-corrected chi connectivity index (χ3v) is 6.01. The third kappa shape index (κ3) is 4.63. The molecule has 2 aromatic carbocycles. The Morgan fingerprint density at radius 2 is 1.87 bits per heavy atom. The van der Waals surface area contributed by atoms with Gasteiger partial charge in [-0.3, -0.25) is 14.2 Å². The number of halogens is 3. The quantitative estimate of drug-likeness (QED) is 0.310. The van der Waals surface area contributed by atoms with Crippen molar-refractivity contribution in [3.05, 3.63) is 94.7 Å². The van der Waals surface area contributed by atoms with Crippen LogP contribution >= 0.6 is 0 Å². The van der Waals surface area contributed by atoms with Crippen molar-refractivity contribution in [1.29, 1.82) is 0 Å². The van der Waals surface area contributed by atoms with Crippen LogP contribution < -0.4 is 21.9 Å². The molecule has 38 heavy (non-hydrogen) atoms. The molecule has 9 nitrogen and oxygen atoms in total. The van der Waals surface area contributed by atoms with Gasteiger partial charge in [-0.15, -0.1) is 5.10 Å². The Hall–Kier alpha value is -4.87. The number of rotatable bonds is 6. The summed E-state index contributed by atoms with van der Waals surface area (Å²) in [6.07, 6.45) is -1.34. The normalized spacial score (nSPS) is 12.5. The number of nitrogens with two attached hydrogens (primary N) is 1. The Morgan fingerprint density at radius 1 is 1.11 bits per heavy atom. The van der Waals surface area contributed by atoms with Crippen molar-refractivity contribution in [2.75, 3.05) is 17.6 Å². The lowest BCUT2D eigenvalue weighted by molar-refractivity contribution is -0.115. The van der Waals surface area contributed by atoms with E-state index >= 15 is 0 Å². The molecule has 0 saturated carbocycles. The van der Waals surface area contributed by atoms with Crippen molar-refractivity contribution in [1.82, 2.24) is 24.5 Å². The molecule has 1 amide bonds. The van der Waals surface area contributed by atoms with Crippen molar-refractivity contribution in [3.63, 3.8) is 0 Å². The molecule has 0 aliphatic carbocycles. The molecule has 4 N–H and O–H groups in total. The first kappa shape index (κ1) is 24.8. The number of amides is 1. The number of hydrogen-bond acceptors (Lipinski definition) is 6. The lowest BCUT2D eigenvalue weighted by atomic mass is 10.1. The molecule has 0 aliphatic heterocycles. The van der Waals surface area contributed by atoms with Gasteiger partial charge in [0.2, 0.25) is 0 Å². The van der Waals surface area contributed by atoms with E-state index in [1.54, 1.807) is 67.7 Å². The molecule has 0 spiro atoms. The minimum Gasteiger partial charge on any atom is -0.381 e. The Labute approximate surface area is 213 Å². The molecule has 0 aliphatic rings. The van der Waals surface area contributed by atoms with Crippen molar-refractivity contribution < 1.29 is 18.0 Å². The van der Waals surface area contributed by atoms with E-state index < -0.39 is 30.2 Å².